The van der Waals surface area contributed by atoms with Crippen molar-refractivity contribution in [3.8, 4) is 0 Å². The van der Waals surface area contributed by atoms with Crippen molar-refractivity contribution in [2.45, 2.75) is 44.7 Å². The molecule has 0 bridgehead atoms. The van der Waals surface area contributed by atoms with Crippen LogP contribution in [0.2, 0.25) is 0 Å². The lowest BCUT2D eigenvalue weighted by molar-refractivity contribution is 0.316. The summed E-state index contributed by atoms with van der Waals surface area (Å²) in [7, 11) is 2.18. The molecule has 1 aromatic rings. The molecule has 1 heterocycles. The lowest BCUT2D eigenvalue weighted by Gasteiger charge is -2.15. The number of rotatable bonds is 9. The van der Waals surface area contributed by atoms with E-state index < -0.39 is 0 Å². The Balaban J connectivity index is 1.43. The third kappa shape index (κ3) is 5.37. The van der Waals surface area contributed by atoms with Crippen LogP contribution in [0.5, 0.6) is 0 Å². The average molecular weight is 236 g/mol. The maximum atomic E-state index is 5.07. The molecule has 0 radical (unpaired) electrons. The molecule has 0 amide bonds. The zero-order chi connectivity index (χ0) is 11.9. The third-order valence-corrected chi connectivity index (χ3v) is 3.26. The fourth-order valence-corrected chi connectivity index (χ4v) is 2.05. The zero-order valence-corrected chi connectivity index (χ0v) is 10.8. The van der Waals surface area contributed by atoms with Crippen LogP contribution >= 0.6 is 0 Å². The topological polar surface area (TPSA) is 28.4 Å². The van der Waals surface area contributed by atoms with E-state index in [0.717, 1.165) is 12.6 Å². The molecule has 1 aromatic heterocycles. The fourth-order valence-electron chi connectivity index (χ4n) is 2.05. The van der Waals surface area contributed by atoms with Crippen molar-refractivity contribution in [1.29, 1.82) is 0 Å². The molecule has 0 saturated heterocycles. The van der Waals surface area contributed by atoms with Crippen LogP contribution in [-0.2, 0) is 6.54 Å². The maximum absolute atomic E-state index is 5.07. The first-order valence-electron chi connectivity index (χ1n) is 6.77. The highest BCUT2D eigenvalue weighted by Crippen LogP contribution is 2.18. The predicted molar refractivity (Wildman–Crippen MR) is 69.9 cm³/mol. The van der Waals surface area contributed by atoms with E-state index in [1.807, 2.05) is 12.3 Å². The van der Waals surface area contributed by atoms with Gasteiger partial charge in [-0.15, -0.1) is 0 Å². The first-order chi connectivity index (χ1) is 8.34. The van der Waals surface area contributed by atoms with Crippen LogP contribution in [0.4, 0.5) is 0 Å². The molecule has 2 rings (SSSR count). The molecule has 0 unspecified atom stereocenters. The molecule has 17 heavy (non-hydrogen) atoms. The van der Waals surface area contributed by atoms with Crippen LogP contribution in [0.25, 0.3) is 0 Å². The Morgan fingerprint density at radius 3 is 2.94 bits per heavy atom. The van der Waals surface area contributed by atoms with Gasteiger partial charge in [-0.25, -0.2) is 0 Å². The average Bonchev–Trinajstić information content (AvgIpc) is 3.00. The molecule has 3 nitrogen and oxygen atoms in total. The second-order valence-electron chi connectivity index (χ2n) is 5.16. The van der Waals surface area contributed by atoms with Crippen molar-refractivity contribution < 1.29 is 4.42 Å². The summed E-state index contributed by atoms with van der Waals surface area (Å²) in [6.45, 7) is 3.38. The molecule has 1 aliphatic carbocycles. The van der Waals surface area contributed by atoms with Gasteiger partial charge in [0.25, 0.3) is 0 Å². The number of furan rings is 1. The molecule has 0 atom stereocenters. The smallest absolute Gasteiger partial charge is 0.0947 e. The lowest BCUT2D eigenvalue weighted by atomic mass is 10.2. The Labute approximate surface area is 104 Å². The quantitative estimate of drug-likeness (QED) is 0.668. The second kappa shape index (κ2) is 6.82. The Morgan fingerprint density at radius 2 is 2.24 bits per heavy atom. The number of unbranched alkanes of at least 4 members (excludes halogenated alkanes) is 2. The van der Waals surface area contributed by atoms with Crippen LogP contribution < -0.4 is 5.32 Å². The summed E-state index contributed by atoms with van der Waals surface area (Å²) in [6.07, 6.45) is 10.3. The first-order valence-corrected chi connectivity index (χ1v) is 6.77. The summed E-state index contributed by atoms with van der Waals surface area (Å²) in [6, 6.07) is 2.90. The largest absolute Gasteiger partial charge is 0.472 e. The minimum absolute atomic E-state index is 0.860. The van der Waals surface area contributed by atoms with Gasteiger partial charge in [-0.1, -0.05) is 6.42 Å². The third-order valence-electron chi connectivity index (χ3n) is 3.26. The zero-order valence-electron chi connectivity index (χ0n) is 10.8. The number of nitrogens with zero attached hydrogens (tertiary/aromatic N) is 1. The molecule has 96 valence electrons. The predicted octanol–water partition coefficient (Wildman–Crippen LogP) is 2.63. The van der Waals surface area contributed by atoms with Crippen LogP contribution in [0.15, 0.2) is 23.0 Å². The van der Waals surface area contributed by atoms with Gasteiger partial charge in [0.2, 0.25) is 0 Å². The van der Waals surface area contributed by atoms with E-state index in [4.69, 9.17) is 4.42 Å². The van der Waals surface area contributed by atoms with E-state index in [1.54, 1.807) is 6.26 Å². The fraction of sp³-hybridized carbons (Fsp3) is 0.714. The standard InChI is InChI=1S/C14H24N2O/c1-16(11-13-7-10-17-12-13)9-4-2-3-8-15-14-5-6-14/h7,10,12,14-15H,2-6,8-9,11H2,1H3. The van der Waals surface area contributed by atoms with Crippen molar-refractivity contribution in [2.24, 2.45) is 0 Å². The van der Waals surface area contributed by atoms with Gasteiger partial charge in [-0.2, -0.15) is 0 Å². The summed E-state index contributed by atoms with van der Waals surface area (Å²) in [5, 5.41) is 3.56. The summed E-state index contributed by atoms with van der Waals surface area (Å²) < 4.78 is 5.07. The van der Waals surface area contributed by atoms with Crippen molar-refractivity contribution in [1.82, 2.24) is 10.2 Å². The minimum Gasteiger partial charge on any atom is -0.472 e. The Kier molecular flexibility index (Phi) is 5.08. The summed E-state index contributed by atoms with van der Waals surface area (Å²) in [5.74, 6) is 0. The Hall–Kier alpha value is -0.800. The normalized spacial score (nSPS) is 15.6. The molecular formula is C14H24N2O. The van der Waals surface area contributed by atoms with Crippen molar-refractivity contribution in [3.63, 3.8) is 0 Å². The molecule has 1 aliphatic rings. The number of nitrogens with one attached hydrogen (secondary N) is 1. The highest BCUT2D eigenvalue weighted by molar-refractivity contribution is 5.04. The van der Waals surface area contributed by atoms with E-state index in [1.165, 1.54) is 50.8 Å². The van der Waals surface area contributed by atoms with Gasteiger partial charge in [0.15, 0.2) is 0 Å². The summed E-state index contributed by atoms with van der Waals surface area (Å²) in [4.78, 5) is 2.36. The van der Waals surface area contributed by atoms with Gasteiger partial charge in [0, 0.05) is 18.2 Å². The summed E-state index contributed by atoms with van der Waals surface area (Å²) >= 11 is 0. The highest BCUT2D eigenvalue weighted by atomic mass is 16.3. The van der Waals surface area contributed by atoms with Crippen LogP contribution in [0.3, 0.4) is 0 Å². The van der Waals surface area contributed by atoms with Gasteiger partial charge in [-0.3, -0.25) is 0 Å². The Bertz CT molecular complexity index is 293. The van der Waals surface area contributed by atoms with Crippen LogP contribution in [-0.4, -0.2) is 31.1 Å². The Morgan fingerprint density at radius 1 is 1.35 bits per heavy atom. The molecule has 0 spiro atoms. The molecule has 0 aliphatic heterocycles. The van der Waals surface area contributed by atoms with Gasteiger partial charge >= 0.3 is 0 Å². The van der Waals surface area contributed by atoms with Gasteiger partial charge in [-0.05, 0) is 51.9 Å². The number of hydrogen-bond donors (Lipinski definition) is 1. The SMILES string of the molecule is CN(CCCCCNC1CC1)Cc1ccoc1. The highest BCUT2D eigenvalue weighted by Gasteiger charge is 2.19. The van der Waals surface area contributed by atoms with E-state index >= 15 is 0 Å². The maximum Gasteiger partial charge on any atom is 0.0947 e. The summed E-state index contributed by atoms with van der Waals surface area (Å²) in [5.41, 5.74) is 1.27. The monoisotopic (exact) mass is 236 g/mol. The molecule has 1 fully saturated rings. The van der Waals surface area contributed by atoms with Crippen molar-refractivity contribution in [3.05, 3.63) is 24.2 Å². The van der Waals surface area contributed by atoms with E-state index in [0.29, 0.717) is 0 Å². The minimum atomic E-state index is 0.860. The first kappa shape index (κ1) is 12.7. The van der Waals surface area contributed by atoms with Crippen molar-refractivity contribution >= 4 is 0 Å². The molecule has 3 heteroatoms. The molecule has 1 N–H and O–H groups in total. The van der Waals surface area contributed by atoms with Gasteiger partial charge in [0.1, 0.15) is 0 Å². The van der Waals surface area contributed by atoms with E-state index in [-0.39, 0.29) is 0 Å². The van der Waals surface area contributed by atoms with Gasteiger partial charge < -0.3 is 14.6 Å². The van der Waals surface area contributed by atoms with Crippen LogP contribution in [0, 0.1) is 0 Å². The van der Waals surface area contributed by atoms with E-state index in [9.17, 15) is 0 Å². The molecular weight excluding hydrogens is 212 g/mol. The van der Waals surface area contributed by atoms with Crippen molar-refractivity contribution in [2.75, 3.05) is 20.1 Å². The number of hydrogen-bond acceptors (Lipinski definition) is 3. The molecule has 0 aromatic carbocycles. The van der Waals surface area contributed by atoms with E-state index in [2.05, 4.69) is 17.3 Å². The van der Waals surface area contributed by atoms with Crippen LogP contribution in [0.1, 0.15) is 37.7 Å². The molecule has 1 saturated carbocycles. The van der Waals surface area contributed by atoms with Gasteiger partial charge in [0.05, 0.1) is 12.5 Å². The lowest BCUT2D eigenvalue weighted by Crippen LogP contribution is -2.20. The second-order valence-corrected chi connectivity index (χ2v) is 5.16.